The number of aryl methyl sites for hydroxylation is 1. The smallest absolute Gasteiger partial charge is 0.274 e. The Bertz CT molecular complexity index is 681. The van der Waals surface area contributed by atoms with E-state index >= 15 is 0 Å². The SMILES string of the molecule is Cc1ccc(Cl)cc1Nc1ccc(C(=O)N2CCCC2)nn1. The molecule has 22 heavy (non-hydrogen) atoms. The summed E-state index contributed by atoms with van der Waals surface area (Å²) >= 11 is 6.00. The van der Waals surface area contributed by atoms with Crippen molar-refractivity contribution in [1.29, 1.82) is 0 Å². The van der Waals surface area contributed by atoms with Gasteiger partial charge in [0.25, 0.3) is 5.91 Å². The van der Waals surface area contributed by atoms with Crippen LogP contribution in [0.5, 0.6) is 0 Å². The van der Waals surface area contributed by atoms with E-state index in [2.05, 4.69) is 15.5 Å². The Balaban J connectivity index is 1.74. The van der Waals surface area contributed by atoms with E-state index in [1.807, 2.05) is 30.0 Å². The standard InChI is InChI=1S/C16H17ClN4O/c1-11-4-5-12(17)10-14(11)18-15-7-6-13(19-20-15)16(22)21-8-2-3-9-21/h4-7,10H,2-3,8-9H2,1H3,(H,18,20). The third-order valence-electron chi connectivity index (χ3n) is 3.74. The first-order chi connectivity index (χ1) is 10.6. The number of amides is 1. The number of carbonyl (C=O) groups is 1. The molecule has 2 aromatic rings. The second-order valence-electron chi connectivity index (χ2n) is 5.39. The summed E-state index contributed by atoms with van der Waals surface area (Å²) in [6, 6.07) is 9.07. The highest BCUT2D eigenvalue weighted by Gasteiger charge is 2.20. The molecule has 1 fully saturated rings. The topological polar surface area (TPSA) is 58.1 Å². The zero-order chi connectivity index (χ0) is 15.5. The number of likely N-dealkylation sites (tertiary alicyclic amines) is 1. The molecule has 5 nitrogen and oxygen atoms in total. The zero-order valence-electron chi connectivity index (χ0n) is 12.3. The molecule has 1 aromatic heterocycles. The van der Waals surface area contributed by atoms with Crippen molar-refractivity contribution in [3.05, 3.63) is 46.6 Å². The van der Waals surface area contributed by atoms with E-state index in [0.717, 1.165) is 37.2 Å². The minimum absolute atomic E-state index is 0.0458. The van der Waals surface area contributed by atoms with Gasteiger partial charge < -0.3 is 10.2 Å². The van der Waals surface area contributed by atoms with E-state index in [1.165, 1.54) is 0 Å². The summed E-state index contributed by atoms with van der Waals surface area (Å²) in [6.07, 6.45) is 2.12. The van der Waals surface area contributed by atoms with Crippen LogP contribution in [0.15, 0.2) is 30.3 Å². The average Bonchev–Trinajstić information content (AvgIpc) is 3.05. The van der Waals surface area contributed by atoms with Crippen molar-refractivity contribution in [2.24, 2.45) is 0 Å². The number of hydrogen-bond donors (Lipinski definition) is 1. The number of nitrogens with zero attached hydrogens (tertiary/aromatic N) is 3. The van der Waals surface area contributed by atoms with Gasteiger partial charge in [-0.2, -0.15) is 0 Å². The van der Waals surface area contributed by atoms with Crippen molar-refractivity contribution in [3.8, 4) is 0 Å². The van der Waals surface area contributed by atoms with Gasteiger partial charge in [0, 0.05) is 23.8 Å². The normalized spacial score (nSPS) is 14.2. The molecular weight excluding hydrogens is 300 g/mol. The minimum atomic E-state index is -0.0458. The van der Waals surface area contributed by atoms with Gasteiger partial charge in [0.05, 0.1) is 0 Å². The Kier molecular flexibility index (Phi) is 4.24. The zero-order valence-corrected chi connectivity index (χ0v) is 13.1. The predicted molar refractivity (Wildman–Crippen MR) is 86.6 cm³/mol. The number of nitrogens with one attached hydrogen (secondary N) is 1. The molecule has 1 amide bonds. The number of hydrogen-bond acceptors (Lipinski definition) is 4. The van der Waals surface area contributed by atoms with E-state index in [9.17, 15) is 4.79 Å². The minimum Gasteiger partial charge on any atom is -0.338 e. The van der Waals surface area contributed by atoms with Gasteiger partial charge in [0.2, 0.25) is 0 Å². The van der Waals surface area contributed by atoms with Crippen LogP contribution in [-0.4, -0.2) is 34.1 Å². The Morgan fingerprint density at radius 2 is 1.95 bits per heavy atom. The molecule has 0 bridgehead atoms. The third kappa shape index (κ3) is 3.20. The molecule has 2 heterocycles. The van der Waals surface area contributed by atoms with Crippen LogP contribution in [0.25, 0.3) is 0 Å². The summed E-state index contributed by atoms with van der Waals surface area (Å²) in [4.78, 5) is 14.0. The van der Waals surface area contributed by atoms with Crippen molar-refractivity contribution in [3.63, 3.8) is 0 Å². The van der Waals surface area contributed by atoms with Gasteiger partial charge in [-0.05, 0) is 49.6 Å². The van der Waals surface area contributed by atoms with Gasteiger partial charge in [0.15, 0.2) is 11.5 Å². The first kappa shape index (κ1) is 14.8. The van der Waals surface area contributed by atoms with Gasteiger partial charge in [0.1, 0.15) is 0 Å². The van der Waals surface area contributed by atoms with Crippen LogP contribution in [0.2, 0.25) is 5.02 Å². The van der Waals surface area contributed by atoms with Crippen molar-refractivity contribution in [2.75, 3.05) is 18.4 Å². The largest absolute Gasteiger partial charge is 0.338 e. The van der Waals surface area contributed by atoms with Crippen molar-refractivity contribution in [1.82, 2.24) is 15.1 Å². The highest BCUT2D eigenvalue weighted by Crippen LogP contribution is 2.23. The van der Waals surface area contributed by atoms with Crippen LogP contribution in [0, 0.1) is 6.92 Å². The monoisotopic (exact) mass is 316 g/mol. The average molecular weight is 317 g/mol. The van der Waals surface area contributed by atoms with E-state index in [0.29, 0.717) is 16.5 Å². The highest BCUT2D eigenvalue weighted by atomic mass is 35.5. The molecule has 1 aromatic carbocycles. The molecular formula is C16H17ClN4O. The molecule has 0 spiro atoms. The van der Waals surface area contributed by atoms with Crippen LogP contribution in [0.4, 0.5) is 11.5 Å². The molecule has 6 heteroatoms. The maximum atomic E-state index is 12.2. The number of rotatable bonds is 3. The van der Waals surface area contributed by atoms with Crippen LogP contribution < -0.4 is 5.32 Å². The van der Waals surface area contributed by atoms with Gasteiger partial charge in [-0.3, -0.25) is 4.79 Å². The Labute approximate surface area is 134 Å². The number of aromatic nitrogens is 2. The first-order valence-corrected chi connectivity index (χ1v) is 7.67. The van der Waals surface area contributed by atoms with E-state index < -0.39 is 0 Å². The Morgan fingerprint density at radius 1 is 1.18 bits per heavy atom. The summed E-state index contributed by atoms with van der Waals surface area (Å²) < 4.78 is 0. The van der Waals surface area contributed by atoms with Crippen LogP contribution in [0.1, 0.15) is 28.9 Å². The lowest BCUT2D eigenvalue weighted by atomic mass is 10.2. The van der Waals surface area contributed by atoms with E-state index in [4.69, 9.17) is 11.6 Å². The summed E-state index contributed by atoms with van der Waals surface area (Å²) in [7, 11) is 0. The molecule has 1 saturated heterocycles. The second-order valence-corrected chi connectivity index (χ2v) is 5.82. The lowest BCUT2D eigenvalue weighted by Crippen LogP contribution is -2.28. The predicted octanol–water partition coefficient (Wildman–Crippen LogP) is 3.42. The molecule has 0 unspecified atom stereocenters. The number of halogens is 1. The third-order valence-corrected chi connectivity index (χ3v) is 3.97. The summed E-state index contributed by atoms with van der Waals surface area (Å²) in [5.74, 6) is 0.541. The molecule has 1 aliphatic rings. The van der Waals surface area contributed by atoms with Crippen molar-refractivity contribution < 1.29 is 4.79 Å². The summed E-state index contributed by atoms with van der Waals surface area (Å²) in [5, 5.41) is 11.9. The van der Waals surface area contributed by atoms with E-state index in [1.54, 1.807) is 12.1 Å². The van der Waals surface area contributed by atoms with Crippen molar-refractivity contribution in [2.45, 2.75) is 19.8 Å². The molecule has 3 rings (SSSR count). The van der Waals surface area contributed by atoms with Crippen LogP contribution >= 0.6 is 11.6 Å². The van der Waals surface area contributed by atoms with Gasteiger partial charge in [-0.1, -0.05) is 17.7 Å². The summed E-state index contributed by atoms with van der Waals surface area (Å²) in [6.45, 7) is 3.60. The second kappa shape index (κ2) is 6.32. The van der Waals surface area contributed by atoms with Crippen molar-refractivity contribution >= 4 is 29.0 Å². The van der Waals surface area contributed by atoms with Gasteiger partial charge in [-0.25, -0.2) is 0 Å². The molecule has 1 N–H and O–H groups in total. The first-order valence-electron chi connectivity index (χ1n) is 7.30. The number of benzene rings is 1. The Morgan fingerprint density at radius 3 is 2.64 bits per heavy atom. The lowest BCUT2D eigenvalue weighted by molar-refractivity contribution is 0.0786. The lowest BCUT2D eigenvalue weighted by Gasteiger charge is -2.14. The fourth-order valence-electron chi connectivity index (χ4n) is 2.46. The quantitative estimate of drug-likeness (QED) is 0.942. The van der Waals surface area contributed by atoms with Gasteiger partial charge >= 0.3 is 0 Å². The number of carbonyl (C=O) groups excluding carboxylic acids is 1. The molecule has 0 atom stereocenters. The molecule has 114 valence electrons. The fourth-order valence-corrected chi connectivity index (χ4v) is 2.63. The molecule has 0 saturated carbocycles. The number of anilines is 2. The summed E-state index contributed by atoms with van der Waals surface area (Å²) in [5.41, 5.74) is 2.32. The highest BCUT2D eigenvalue weighted by molar-refractivity contribution is 6.30. The fraction of sp³-hybridized carbons (Fsp3) is 0.312. The van der Waals surface area contributed by atoms with E-state index in [-0.39, 0.29) is 5.91 Å². The Hall–Kier alpha value is -2.14. The molecule has 1 aliphatic heterocycles. The molecule has 0 aliphatic carbocycles. The van der Waals surface area contributed by atoms with Crippen LogP contribution in [-0.2, 0) is 0 Å². The van der Waals surface area contributed by atoms with Crippen LogP contribution in [0.3, 0.4) is 0 Å². The maximum absolute atomic E-state index is 12.2. The molecule has 0 radical (unpaired) electrons. The van der Waals surface area contributed by atoms with Gasteiger partial charge in [-0.15, -0.1) is 10.2 Å². The maximum Gasteiger partial charge on any atom is 0.274 e.